The van der Waals surface area contributed by atoms with E-state index in [1.54, 1.807) is 30.6 Å². The summed E-state index contributed by atoms with van der Waals surface area (Å²) in [7, 11) is 0. The standard InChI is InChI=1S/C22H16Cl2N4O/c1-13-10-15(3-2-14-6-8-25-9-7-14)20-17(11-13)21(29)28-22(27-20)26-16-4-5-18(23)19(24)12-16/h2-12H,1H3,(H2,26,27,28,29)/b3-2+. The zero-order valence-electron chi connectivity index (χ0n) is 15.4. The number of halogens is 2. The fraction of sp³-hybridized carbons (Fsp3) is 0.0455. The summed E-state index contributed by atoms with van der Waals surface area (Å²) in [5.41, 5.74) is 4.18. The smallest absolute Gasteiger partial charge is 0.231 e. The first-order valence-electron chi connectivity index (χ1n) is 8.81. The molecule has 29 heavy (non-hydrogen) atoms. The van der Waals surface area contributed by atoms with Crippen molar-refractivity contribution in [2.24, 2.45) is 0 Å². The molecule has 5 nitrogen and oxygen atoms in total. The Morgan fingerprint density at radius 1 is 0.931 bits per heavy atom. The molecule has 4 rings (SSSR count). The summed E-state index contributed by atoms with van der Waals surface area (Å²) in [5.74, 6) is 0.163. The normalized spacial score (nSPS) is 11.3. The zero-order chi connectivity index (χ0) is 20.4. The lowest BCUT2D eigenvalue weighted by atomic mass is 10.1. The van der Waals surface area contributed by atoms with Crippen LogP contribution in [0.3, 0.4) is 0 Å². The number of nitrogens with zero attached hydrogens (tertiary/aromatic N) is 3. The maximum atomic E-state index is 10.5. The summed E-state index contributed by atoms with van der Waals surface area (Å²) in [6.45, 7) is 1.96. The molecule has 0 aliphatic heterocycles. The summed E-state index contributed by atoms with van der Waals surface area (Å²) < 4.78 is 0. The molecule has 0 saturated carbocycles. The van der Waals surface area contributed by atoms with E-state index in [9.17, 15) is 5.11 Å². The molecule has 2 N–H and O–H groups in total. The Morgan fingerprint density at radius 2 is 1.72 bits per heavy atom. The minimum Gasteiger partial charge on any atom is -0.493 e. The van der Waals surface area contributed by atoms with Gasteiger partial charge in [-0.3, -0.25) is 4.98 Å². The van der Waals surface area contributed by atoms with Gasteiger partial charge in [0.2, 0.25) is 11.8 Å². The number of pyridine rings is 1. The molecular formula is C22H16Cl2N4O. The maximum Gasteiger partial charge on any atom is 0.231 e. The van der Waals surface area contributed by atoms with Crippen molar-refractivity contribution in [2.45, 2.75) is 6.92 Å². The van der Waals surface area contributed by atoms with E-state index in [-0.39, 0.29) is 11.8 Å². The van der Waals surface area contributed by atoms with Crippen LogP contribution in [0.25, 0.3) is 23.1 Å². The van der Waals surface area contributed by atoms with Crippen LogP contribution in [0, 0.1) is 6.92 Å². The lowest BCUT2D eigenvalue weighted by Gasteiger charge is -2.10. The average molecular weight is 423 g/mol. The first-order valence-corrected chi connectivity index (χ1v) is 9.57. The monoisotopic (exact) mass is 422 g/mol. The highest BCUT2D eigenvalue weighted by Gasteiger charge is 2.11. The van der Waals surface area contributed by atoms with Crippen LogP contribution in [0.15, 0.2) is 54.9 Å². The van der Waals surface area contributed by atoms with Crippen LogP contribution >= 0.6 is 23.2 Å². The van der Waals surface area contributed by atoms with Crippen molar-refractivity contribution in [3.8, 4) is 5.88 Å². The third-order valence-electron chi connectivity index (χ3n) is 4.29. The number of hydrogen-bond acceptors (Lipinski definition) is 5. The fourth-order valence-electron chi connectivity index (χ4n) is 2.94. The minimum atomic E-state index is -0.0974. The van der Waals surface area contributed by atoms with Crippen molar-refractivity contribution < 1.29 is 5.11 Å². The molecule has 4 aromatic rings. The number of aromatic nitrogens is 3. The van der Waals surface area contributed by atoms with Gasteiger partial charge in [-0.05, 0) is 60.5 Å². The number of aromatic hydroxyl groups is 1. The molecule has 0 spiro atoms. The van der Waals surface area contributed by atoms with Gasteiger partial charge in [-0.1, -0.05) is 35.4 Å². The summed E-state index contributed by atoms with van der Waals surface area (Å²) in [6.07, 6.45) is 7.41. The van der Waals surface area contributed by atoms with Gasteiger partial charge in [-0.15, -0.1) is 0 Å². The molecule has 0 amide bonds. The van der Waals surface area contributed by atoms with Crippen LogP contribution in [0.2, 0.25) is 10.0 Å². The predicted molar refractivity (Wildman–Crippen MR) is 119 cm³/mol. The van der Waals surface area contributed by atoms with E-state index in [0.717, 1.165) is 16.7 Å². The number of benzene rings is 2. The summed E-state index contributed by atoms with van der Waals surface area (Å²) in [4.78, 5) is 12.8. The average Bonchev–Trinajstić information content (AvgIpc) is 2.70. The molecule has 0 radical (unpaired) electrons. The van der Waals surface area contributed by atoms with Crippen molar-refractivity contribution in [1.82, 2.24) is 15.0 Å². The summed E-state index contributed by atoms with van der Waals surface area (Å²) in [5, 5.41) is 15.0. The summed E-state index contributed by atoms with van der Waals surface area (Å²) in [6, 6.07) is 12.8. The lowest BCUT2D eigenvalue weighted by Crippen LogP contribution is -1.99. The largest absolute Gasteiger partial charge is 0.493 e. The van der Waals surface area contributed by atoms with Crippen LogP contribution in [0.1, 0.15) is 16.7 Å². The van der Waals surface area contributed by atoms with E-state index >= 15 is 0 Å². The summed E-state index contributed by atoms with van der Waals surface area (Å²) >= 11 is 12.0. The highest BCUT2D eigenvalue weighted by atomic mass is 35.5. The van der Waals surface area contributed by atoms with Crippen molar-refractivity contribution in [2.75, 3.05) is 5.32 Å². The second-order valence-electron chi connectivity index (χ2n) is 6.49. The van der Waals surface area contributed by atoms with Gasteiger partial charge >= 0.3 is 0 Å². The molecule has 2 aromatic carbocycles. The Kier molecular flexibility index (Phi) is 5.34. The fourth-order valence-corrected chi connectivity index (χ4v) is 3.24. The number of anilines is 2. The van der Waals surface area contributed by atoms with E-state index in [1.807, 2.05) is 43.3 Å². The molecule has 7 heteroatoms. The number of hydrogen-bond donors (Lipinski definition) is 2. The molecule has 2 heterocycles. The van der Waals surface area contributed by atoms with Gasteiger partial charge in [0.15, 0.2) is 0 Å². The van der Waals surface area contributed by atoms with Gasteiger partial charge in [-0.25, -0.2) is 4.98 Å². The molecule has 0 aliphatic carbocycles. The van der Waals surface area contributed by atoms with Gasteiger partial charge in [-0.2, -0.15) is 4.98 Å². The Hall–Kier alpha value is -3.15. The zero-order valence-corrected chi connectivity index (χ0v) is 16.9. The van der Waals surface area contributed by atoms with Gasteiger partial charge in [0.05, 0.1) is 20.9 Å². The Labute approximate surface area is 177 Å². The predicted octanol–water partition coefficient (Wildman–Crippen LogP) is 6.26. The van der Waals surface area contributed by atoms with Crippen LogP contribution < -0.4 is 5.32 Å². The molecule has 0 saturated heterocycles. The van der Waals surface area contributed by atoms with Crippen molar-refractivity contribution >= 4 is 57.9 Å². The van der Waals surface area contributed by atoms with Crippen molar-refractivity contribution in [1.29, 1.82) is 0 Å². The van der Waals surface area contributed by atoms with E-state index < -0.39 is 0 Å². The van der Waals surface area contributed by atoms with Crippen molar-refractivity contribution in [3.63, 3.8) is 0 Å². The minimum absolute atomic E-state index is 0.0974. The Bertz CT molecular complexity index is 1230. The van der Waals surface area contributed by atoms with Gasteiger partial charge in [0.1, 0.15) is 0 Å². The topological polar surface area (TPSA) is 70.9 Å². The van der Waals surface area contributed by atoms with Gasteiger partial charge in [0, 0.05) is 23.6 Å². The molecule has 0 bridgehead atoms. The molecule has 0 unspecified atom stereocenters. The molecule has 2 aromatic heterocycles. The first-order chi connectivity index (χ1) is 14.0. The first kappa shape index (κ1) is 19.2. The number of aryl methyl sites for hydroxylation is 1. The molecular weight excluding hydrogens is 407 g/mol. The number of fused-ring (bicyclic) bond motifs is 1. The third kappa shape index (κ3) is 4.31. The Morgan fingerprint density at radius 3 is 2.48 bits per heavy atom. The molecule has 0 fully saturated rings. The van der Waals surface area contributed by atoms with Gasteiger partial charge < -0.3 is 10.4 Å². The van der Waals surface area contributed by atoms with Crippen molar-refractivity contribution in [3.05, 3.63) is 81.6 Å². The molecule has 0 aliphatic rings. The van der Waals surface area contributed by atoms with Crippen LogP contribution in [-0.4, -0.2) is 20.1 Å². The van der Waals surface area contributed by atoms with Gasteiger partial charge in [0.25, 0.3) is 0 Å². The van der Waals surface area contributed by atoms with Crippen LogP contribution in [-0.2, 0) is 0 Å². The number of rotatable bonds is 4. The van der Waals surface area contributed by atoms with E-state index in [2.05, 4.69) is 20.3 Å². The van der Waals surface area contributed by atoms with E-state index in [4.69, 9.17) is 23.2 Å². The maximum absolute atomic E-state index is 10.5. The lowest BCUT2D eigenvalue weighted by molar-refractivity contribution is 0.460. The Balaban J connectivity index is 1.77. The highest BCUT2D eigenvalue weighted by molar-refractivity contribution is 6.42. The van der Waals surface area contributed by atoms with Crippen LogP contribution in [0.4, 0.5) is 11.6 Å². The highest BCUT2D eigenvalue weighted by Crippen LogP contribution is 2.30. The third-order valence-corrected chi connectivity index (χ3v) is 5.03. The molecule has 0 atom stereocenters. The van der Waals surface area contributed by atoms with E-state index in [0.29, 0.717) is 26.6 Å². The number of nitrogens with one attached hydrogen (secondary N) is 1. The molecule has 144 valence electrons. The SMILES string of the molecule is Cc1cc(/C=C/c2ccncc2)c2nc(Nc3ccc(Cl)c(Cl)c3)nc(O)c2c1. The van der Waals surface area contributed by atoms with Crippen LogP contribution in [0.5, 0.6) is 5.88 Å². The second kappa shape index (κ2) is 8.07. The van der Waals surface area contributed by atoms with E-state index in [1.165, 1.54) is 0 Å². The quantitative estimate of drug-likeness (QED) is 0.406. The second-order valence-corrected chi connectivity index (χ2v) is 7.30.